The summed E-state index contributed by atoms with van der Waals surface area (Å²) in [5.41, 5.74) is 12.6. The van der Waals surface area contributed by atoms with Gasteiger partial charge in [-0.05, 0) is 53.8 Å². The third kappa shape index (κ3) is 12.8. The predicted molar refractivity (Wildman–Crippen MR) is 186 cm³/mol. The molecule has 0 aliphatic rings. The summed E-state index contributed by atoms with van der Waals surface area (Å²) in [4.78, 5) is 15.2. The van der Waals surface area contributed by atoms with Crippen LogP contribution in [0.4, 0.5) is 5.69 Å². The number of rotatable bonds is 16. The Morgan fingerprint density at radius 2 is 1.49 bits per heavy atom. The maximum absolute atomic E-state index is 10.7. The number of benzene rings is 3. The minimum Gasteiger partial charge on any atom is -0.487 e. The molecule has 0 amide bonds. The molecule has 0 fully saturated rings. The molecule has 1 heterocycles. The number of nitrogens with zero attached hydrogens (tertiary/aromatic N) is 1. The summed E-state index contributed by atoms with van der Waals surface area (Å²) in [6.45, 7) is 10.5. The van der Waals surface area contributed by atoms with E-state index in [-0.39, 0.29) is 12.3 Å². The van der Waals surface area contributed by atoms with Crippen LogP contribution in [0.5, 0.6) is 5.75 Å². The highest BCUT2D eigenvalue weighted by molar-refractivity contribution is 5.95. The number of nitrogen functional groups attached to an aromatic ring is 1. The van der Waals surface area contributed by atoms with E-state index in [1.807, 2.05) is 101 Å². The molecule has 0 unspecified atom stereocenters. The van der Waals surface area contributed by atoms with Crippen LogP contribution in [0.3, 0.4) is 0 Å². The Labute approximate surface area is 268 Å². The number of amidine groups is 1. The Hall–Kier alpha value is -4.69. The lowest BCUT2D eigenvalue weighted by Gasteiger charge is -2.17. The molecule has 45 heavy (non-hydrogen) atoms. The lowest BCUT2D eigenvalue weighted by Crippen LogP contribution is -2.18. The quantitative estimate of drug-likeness (QED) is 0.0492. The Balaban J connectivity index is 0.00000169. The number of carboxylic acid groups (broad SMARTS) is 1. The highest BCUT2D eigenvalue weighted by Crippen LogP contribution is 2.25. The molecule has 3 aromatic carbocycles. The number of pyridine rings is 1. The first-order valence-corrected chi connectivity index (χ1v) is 15.8. The van der Waals surface area contributed by atoms with E-state index >= 15 is 0 Å². The van der Waals surface area contributed by atoms with Gasteiger partial charge >= 0.3 is 5.97 Å². The number of anilines is 1. The van der Waals surface area contributed by atoms with E-state index in [0.717, 1.165) is 58.6 Å². The van der Waals surface area contributed by atoms with Gasteiger partial charge in [0.05, 0.1) is 6.20 Å². The van der Waals surface area contributed by atoms with Crippen LogP contribution in [0.25, 0.3) is 11.1 Å². The first kappa shape index (κ1) is 36.5. The summed E-state index contributed by atoms with van der Waals surface area (Å²) in [7, 11) is 0. The number of aromatic nitrogens is 1. The van der Waals surface area contributed by atoms with E-state index in [4.69, 9.17) is 21.0 Å². The van der Waals surface area contributed by atoms with E-state index in [0.29, 0.717) is 31.7 Å². The van der Waals surface area contributed by atoms with E-state index in [2.05, 4.69) is 27.8 Å². The molecule has 0 aliphatic heterocycles. The van der Waals surface area contributed by atoms with Crippen LogP contribution >= 0.6 is 0 Å². The third-order valence-electron chi connectivity index (χ3n) is 6.79. The largest absolute Gasteiger partial charge is 0.487 e. The van der Waals surface area contributed by atoms with Gasteiger partial charge in [0, 0.05) is 42.5 Å². The van der Waals surface area contributed by atoms with Gasteiger partial charge in [0.15, 0.2) is 0 Å². The number of nitrogens with one attached hydrogen (secondary N) is 3. The molecule has 4 rings (SSSR count). The fourth-order valence-corrected chi connectivity index (χ4v) is 4.46. The molecule has 8 heteroatoms. The van der Waals surface area contributed by atoms with Crippen LogP contribution in [0, 0.1) is 5.41 Å². The second-order valence-corrected chi connectivity index (χ2v) is 9.85. The minimum absolute atomic E-state index is 0.0606. The summed E-state index contributed by atoms with van der Waals surface area (Å²) in [6.07, 6.45) is 6.33. The van der Waals surface area contributed by atoms with Crippen molar-refractivity contribution >= 4 is 17.5 Å². The zero-order chi connectivity index (χ0) is 32.9. The monoisotopic (exact) mass is 611 g/mol. The average Bonchev–Trinajstić information content (AvgIpc) is 3.09. The predicted octanol–water partition coefficient (Wildman–Crippen LogP) is 8.01. The maximum Gasteiger partial charge on any atom is 0.303 e. The Bertz CT molecular complexity index is 1410. The minimum atomic E-state index is -0.745. The molecule has 0 atom stereocenters. The second kappa shape index (κ2) is 21.1. The normalized spacial score (nSPS) is 10.0. The van der Waals surface area contributed by atoms with Gasteiger partial charge in [-0.2, -0.15) is 0 Å². The summed E-state index contributed by atoms with van der Waals surface area (Å²) < 4.78 is 6.21. The van der Waals surface area contributed by atoms with Crippen LogP contribution in [-0.2, 0) is 24.5 Å². The van der Waals surface area contributed by atoms with E-state index < -0.39 is 5.97 Å². The first-order chi connectivity index (χ1) is 22.0. The molecule has 240 valence electrons. The van der Waals surface area contributed by atoms with Gasteiger partial charge in [0.25, 0.3) is 0 Å². The standard InChI is InChI=1S/C33H37N5O3.2C2H6/c34-33(35)27-12-10-25(11-13-27)26-14-16-29(17-15-26)38-20-28-19-37-22-31(41-23-24-7-3-1-4-8-24)30(28)21-36-18-6-2-5-9-32(39)40;2*1-2/h1,3-4,7-8,10-17,19,22,36,38H,2,5-6,9,18,20-21,23H2,(H3,34,35)(H,39,40);2*1-2H3. The smallest absolute Gasteiger partial charge is 0.303 e. The zero-order valence-electron chi connectivity index (χ0n) is 27.1. The third-order valence-corrected chi connectivity index (χ3v) is 6.79. The number of carboxylic acids is 1. The van der Waals surface area contributed by atoms with Crippen molar-refractivity contribution in [3.05, 3.63) is 114 Å². The molecule has 1 aromatic heterocycles. The van der Waals surface area contributed by atoms with Crippen molar-refractivity contribution in [2.45, 2.75) is 73.1 Å². The SMILES string of the molecule is CC.CC.N=C(N)c1ccc(-c2ccc(NCc3cncc(OCc4ccccc4)c3CNCCCCCC(=O)O)cc2)cc1. The molecule has 4 aromatic rings. The van der Waals surface area contributed by atoms with E-state index in [1.54, 1.807) is 6.20 Å². The van der Waals surface area contributed by atoms with E-state index in [1.165, 1.54) is 0 Å². The van der Waals surface area contributed by atoms with Crippen LogP contribution in [0.15, 0.2) is 91.3 Å². The number of carbonyl (C=O) groups is 1. The van der Waals surface area contributed by atoms with Crippen LogP contribution < -0.4 is 21.1 Å². The van der Waals surface area contributed by atoms with Gasteiger partial charge in [-0.15, -0.1) is 0 Å². The highest BCUT2D eigenvalue weighted by Gasteiger charge is 2.12. The molecular weight excluding hydrogens is 562 g/mol. The van der Waals surface area contributed by atoms with Crippen molar-refractivity contribution in [1.29, 1.82) is 5.41 Å². The maximum atomic E-state index is 10.7. The van der Waals surface area contributed by atoms with E-state index in [9.17, 15) is 4.79 Å². The second-order valence-electron chi connectivity index (χ2n) is 9.85. The number of unbranched alkanes of at least 4 members (excludes halogenated alkanes) is 2. The molecule has 0 saturated carbocycles. The van der Waals surface area contributed by atoms with Crippen molar-refractivity contribution in [2.24, 2.45) is 5.73 Å². The molecule has 0 saturated heterocycles. The van der Waals surface area contributed by atoms with Crippen LogP contribution in [0.2, 0.25) is 0 Å². The summed E-state index contributed by atoms with van der Waals surface area (Å²) in [6, 6.07) is 25.9. The number of ether oxygens (including phenoxy) is 1. The lowest BCUT2D eigenvalue weighted by atomic mass is 10.0. The molecule has 0 radical (unpaired) electrons. The first-order valence-electron chi connectivity index (χ1n) is 15.8. The van der Waals surface area contributed by atoms with Gasteiger partial charge in [0.1, 0.15) is 18.2 Å². The van der Waals surface area contributed by atoms with Gasteiger partial charge in [-0.25, -0.2) is 0 Å². The molecule has 6 N–H and O–H groups in total. The number of hydrogen-bond donors (Lipinski definition) is 5. The van der Waals surface area contributed by atoms with Gasteiger partial charge in [-0.1, -0.05) is 101 Å². The molecule has 8 nitrogen and oxygen atoms in total. The van der Waals surface area contributed by atoms with Crippen LogP contribution in [0.1, 0.15) is 75.6 Å². The molecule has 0 bridgehead atoms. The van der Waals surface area contributed by atoms with Gasteiger partial charge < -0.3 is 26.2 Å². The van der Waals surface area contributed by atoms with Crippen molar-refractivity contribution in [1.82, 2.24) is 10.3 Å². The summed E-state index contributed by atoms with van der Waals surface area (Å²) in [5, 5.41) is 23.4. The lowest BCUT2D eigenvalue weighted by molar-refractivity contribution is -0.137. The Morgan fingerprint density at radius 3 is 2.11 bits per heavy atom. The summed E-state index contributed by atoms with van der Waals surface area (Å²) in [5.74, 6) is 0.0615. The highest BCUT2D eigenvalue weighted by atomic mass is 16.5. The van der Waals surface area contributed by atoms with Crippen molar-refractivity contribution in [2.75, 3.05) is 11.9 Å². The average molecular weight is 612 g/mol. The molecule has 0 aliphatic carbocycles. The van der Waals surface area contributed by atoms with Crippen molar-refractivity contribution in [3.63, 3.8) is 0 Å². The van der Waals surface area contributed by atoms with Gasteiger partial charge in [0.2, 0.25) is 0 Å². The van der Waals surface area contributed by atoms with Crippen LogP contribution in [-0.4, -0.2) is 28.4 Å². The fraction of sp³-hybridized carbons (Fsp3) is 0.324. The zero-order valence-corrected chi connectivity index (χ0v) is 27.1. The molecular formula is C37H49N5O3. The number of hydrogen-bond acceptors (Lipinski definition) is 6. The number of nitrogens with two attached hydrogens (primary N) is 1. The van der Waals surface area contributed by atoms with Crippen molar-refractivity contribution < 1.29 is 14.6 Å². The Morgan fingerprint density at radius 1 is 0.844 bits per heavy atom. The topological polar surface area (TPSA) is 133 Å². The Kier molecular flexibility index (Phi) is 17.1. The van der Waals surface area contributed by atoms with Gasteiger partial charge in [-0.3, -0.25) is 15.2 Å². The number of aliphatic carboxylic acids is 1. The summed E-state index contributed by atoms with van der Waals surface area (Å²) >= 11 is 0. The fourth-order valence-electron chi connectivity index (χ4n) is 4.46. The molecule has 0 spiro atoms. The van der Waals surface area contributed by atoms with Crippen molar-refractivity contribution in [3.8, 4) is 16.9 Å².